The van der Waals surface area contributed by atoms with Crippen molar-refractivity contribution in [3.8, 4) is 0 Å². The van der Waals surface area contributed by atoms with Crippen LogP contribution in [0.5, 0.6) is 0 Å². The normalized spacial score (nSPS) is 29.6. The maximum atomic E-state index is 12.9. The molecule has 2 N–H and O–H groups in total. The van der Waals surface area contributed by atoms with Crippen LogP contribution in [-0.4, -0.2) is 22.4 Å². The number of hydrogen-bond acceptors (Lipinski definition) is 3. The van der Waals surface area contributed by atoms with Crippen molar-refractivity contribution in [3.63, 3.8) is 0 Å². The van der Waals surface area contributed by atoms with Crippen LogP contribution in [0.3, 0.4) is 0 Å². The zero-order chi connectivity index (χ0) is 13.6. The van der Waals surface area contributed by atoms with Crippen molar-refractivity contribution in [3.05, 3.63) is 23.8 Å². The number of rotatable bonds is 1. The number of nitrogens with zero attached hydrogens (tertiary/aromatic N) is 1. The van der Waals surface area contributed by atoms with Crippen molar-refractivity contribution < 1.29 is 4.79 Å². The molecule has 0 bridgehead atoms. The predicted molar refractivity (Wildman–Crippen MR) is 81.6 cm³/mol. The molecule has 1 saturated heterocycles. The molecule has 19 heavy (non-hydrogen) atoms. The lowest BCUT2D eigenvalue weighted by Crippen LogP contribution is -2.46. The molecule has 0 saturated carbocycles. The Hall–Kier alpha value is -1.16. The third-order valence-electron chi connectivity index (χ3n) is 4.21. The third kappa shape index (κ3) is 2.02. The highest BCUT2D eigenvalue weighted by Crippen LogP contribution is 2.43. The monoisotopic (exact) mass is 276 g/mol. The molecule has 0 aromatic heterocycles. The fourth-order valence-corrected chi connectivity index (χ4v) is 4.41. The molecule has 1 aromatic carbocycles. The van der Waals surface area contributed by atoms with Crippen LogP contribution in [-0.2, 0) is 11.2 Å². The van der Waals surface area contributed by atoms with Gasteiger partial charge in [0, 0.05) is 17.4 Å². The zero-order valence-electron chi connectivity index (χ0n) is 11.5. The molecule has 2 atom stereocenters. The van der Waals surface area contributed by atoms with Gasteiger partial charge in [-0.2, -0.15) is 0 Å². The summed E-state index contributed by atoms with van der Waals surface area (Å²) in [7, 11) is 0. The van der Waals surface area contributed by atoms with E-state index in [1.165, 1.54) is 5.56 Å². The maximum absolute atomic E-state index is 12.9. The molecular weight excluding hydrogens is 256 g/mol. The molecule has 2 unspecified atom stereocenters. The molecule has 0 spiro atoms. The topological polar surface area (TPSA) is 46.3 Å². The molecule has 0 radical (unpaired) electrons. The number of fused-ring (bicyclic) bond motifs is 1. The van der Waals surface area contributed by atoms with E-state index >= 15 is 0 Å². The summed E-state index contributed by atoms with van der Waals surface area (Å²) >= 11 is 1.80. The molecule has 0 aliphatic carbocycles. The predicted octanol–water partition coefficient (Wildman–Crippen LogP) is 2.83. The van der Waals surface area contributed by atoms with Gasteiger partial charge in [0.15, 0.2) is 0 Å². The van der Waals surface area contributed by atoms with Crippen LogP contribution in [0.4, 0.5) is 11.4 Å². The minimum absolute atomic E-state index is 0.238. The summed E-state index contributed by atoms with van der Waals surface area (Å²) in [5.41, 5.74) is 8.88. The van der Waals surface area contributed by atoms with E-state index in [9.17, 15) is 4.79 Å². The molecule has 3 rings (SSSR count). The van der Waals surface area contributed by atoms with Crippen LogP contribution >= 0.6 is 11.8 Å². The Morgan fingerprint density at radius 1 is 1.53 bits per heavy atom. The first kappa shape index (κ1) is 12.9. The molecular formula is C15H20N2OS. The second-order valence-corrected chi connectivity index (χ2v) is 7.40. The summed E-state index contributed by atoms with van der Waals surface area (Å²) in [6.45, 7) is 4.21. The Morgan fingerprint density at radius 2 is 2.32 bits per heavy atom. The molecule has 2 aliphatic rings. The lowest BCUT2D eigenvalue weighted by Gasteiger charge is -2.31. The van der Waals surface area contributed by atoms with E-state index in [0.717, 1.165) is 36.4 Å². The van der Waals surface area contributed by atoms with Crippen LogP contribution in [0.15, 0.2) is 18.2 Å². The van der Waals surface area contributed by atoms with Crippen LogP contribution in [0.1, 0.15) is 32.3 Å². The van der Waals surface area contributed by atoms with E-state index < -0.39 is 0 Å². The van der Waals surface area contributed by atoms with Gasteiger partial charge in [-0.1, -0.05) is 0 Å². The summed E-state index contributed by atoms with van der Waals surface area (Å²) in [6.07, 6.45) is 3.04. The Morgan fingerprint density at radius 3 is 3.00 bits per heavy atom. The van der Waals surface area contributed by atoms with E-state index in [2.05, 4.69) is 13.8 Å². The molecule has 3 nitrogen and oxygen atoms in total. The number of nitrogen functional groups attached to an aromatic ring is 1. The number of anilines is 2. The lowest BCUT2D eigenvalue weighted by atomic mass is 10.0. The first-order valence-electron chi connectivity index (χ1n) is 6.87. The van der Waals surface area contributed by atoms with Gasteiger partial charge in [-0.3, -0.25) is 4.79 Å². The highest BCUT2D eigenvalue weighted by molar-refractivity contribution is 8.01. The van der Waals surface area contributed by atoms with E-state index in [4.69, 9.17) is 5.73 Å². The van der Waals surface area contributed by atoms with Crippen LogP contribution in [0.25, 0.3) is 0 Å². The Labute approximate surface area is 118 Å². The van der Waals surface area contributed by atoms with Gasteiger partial charge >= 0.3 is 0 Å². The fourth-order valence-electron chi connectivity index (χ4n) is 3.16. The second-order valence-electron chi connectivity index (χ2n) is 5.80. The van der Waals surface area contributed by atoms with Crippen molar-refractivity contribution in [2.45, 2.75) is 43.9 Å². The smallest absolute Gasteiger partial charge is 0.243 e. The van der Waals surface area contributed by atoms with Crippen LogP contribution < -0.4 is 10.6 Å². The number of benzene rings is 1. The summed E-state index contributed by atoms with van der Waals surface area (Å²) in [5, 5.41) is 0. The number of carbonyl (C=O) groups excluding carboxylic acids is 1. The number of carbonyl (C=O) groups is 1. The van der Waals surface area contributed by atoms with Crippen LogP contribution in [0, 0.1) is 0 Å². The van der Waals surface area contributed by atoms with E-state index in [-0.39, 0.29) is 16.7 Å². The van der Waals surface area contributed by atoms with Crippen molar-refractivity contribution >= 4 is 29.0 Å². The maximum Gasteiger partial charge on any atom is 0.243 e. The summed E-state index contributed by atoms with van der Waals surface area (Å²) in [4.78, 5) is 14.9. The average molecular weight is 276 g/mol. The summed E-state index contributed by atoms with van der Waals surface area (Å²) < 4.78 is -0.239. The largest absolute Gasteiger partial charge is 0.399 e. The van der Waals surface area contributed by atoms with Gasteiger partial charge in [-0.15, -0.1) is 11.8 Å². The molecule has 4 heteroatoms. The molecule has 1 aromatic rings. The van der Waals surface area contributed by atoms with Crippen molar-refractivity contribution in [2.24, 2.45) is 0 Å². The minimum Gasteiger partial charge on any atom is -0.399 e. The number of hydrogen-bond donors (Lipinski definition) is 1. The highest BCUT2D eigenvalue weighted by Gasteiger charge is 2.44. The van der Waals surface area contributed by atoms with E-state index in [0.29, 0.717) is 0 Å². The van der Waals surface area contributed by atoms with Gasteiger partial charge in [0.05, 0.1) is 4.75 Å². The quantitative estimate of drug-likeness (QED) is 0.802. The highest BCUT2D eigenvalue weighted by atomic mass is 32.2. The summed E-state index contributed by atoms with van der Waals surface area (Å²) in [5.74, 6) is 1.37. The van der Waals surface area contributed by atoms with Gasteiger partial charge in [0.1, 0.15) is 0 Å². The van der Waals surface area contributed by atoms with Gasteiger partial charge in [0.25, 0.3) is 0 Å². The molecule has 102 valence electrons. The molecule has 1 fully saturated rings. The Balaban J connectivity index is 1.96. The second kappa shape index (κ2) is 4.44. The molecule has 1 amide bonds. The fraction of sp³-hybridized carbons (Fsp3) is 0.533. The van der Waals surface area contributed by atoms with E-state index in [1.54, 1.807) is 11.8 Å². The molecule has 2 aliphatic heterocycles. The van der Waals surface area contributed by atoms with Crippen molar-refractivity contribution in [1.29, 1.82) is 0 Å². The Bertz CT molecular complexity index is 523. The van der Waals surface area contributed by atoms with Gasteiger partial charge in [0.2, 0.25) is 5.91 Å². The SMILES string of the molecule is CC1Cc2cc(N)ccc2N1C(=O)C1(C)CCCS1. The standard InChI is InChI=1S/C15H20N2OS/c1-10-8-11-9-12(16)4-5-13(11)17(10)14(18)15(2)6-3-7-19-15/h4-5,9-10H,3,6-8,16H2,1-2H3. The number of nitrogens with two attached hydrogens (primary N) is 1. The third-order valence-corrected chi connectivity index (χ3v) is 5.72. The zero-order valence-corrected chi connectivity index (χ0v) is 12.3. The molecule has 2 heterocycles. The lowest BCUT2D eigenvalue weighted by molar-refractivity contribution is -0.120. The minimum atomic E-state index is -0.239. The van der Waals surface area contributed by atoms with Gasteiger partial charge in [-0.25, -0.2) is 0 Å². The number of amides is 1. The van der Waals surface area contributed by atoms with Crippen molar-refractivity contribution in [1.82, 2.24) is 0 Å². The Kier molecular flexibility index (Phi) is 3.01. The first-order valence-corrected chi connectivity index (χ1v) is 7.86. The van der Waals surface area contributed by atoms with Crippen molar-refractivity contribution in [2.75, 3.05) is 16.4 Å². The van der Waals surface area contributed by atoms with Crippen LogP contribution in [0.2, 0.25) is 0 Å². The number of thioether (sulfide) groups is 1. The summed E-state index contributed by atoms with van der Waals surface area (Å²) in [6, 6.07) is 6.13. The van der Waals surface area contributed by atoms with E-state index in [1.807, 2.05) is 23.1 Å². The first-order chi connectivity index (χ1) is 9.01. The van der Waals surface area contributed by atoms with Gasteiger partial charge in [-0.05, 0) is 62.6 Å². The average Bonchev–Trinajstić information content (AvgIpc) is 2.92. The van der Waals surface area contributed by atoms with Gasteiger partial charge < -0.3 is 10.6 Å².